The van der Waals surface area contributed by atoms with Crippen LogP contribution in [-0.2, 0) is 11.8 Å². The maximum Gasteiger partial charge on any atom is 0.359 e. The minimum absolute atomic E-state index is 0.308. The summed E-state index contributed by atoms with van der Waals surface area (Å²) < 4.78 is 6.66. The highest BCUT2D eigenvalue weighted by molar-refractivity contribution is 5.94. The van der Waals surface area contributed by atoms with Crippen molar-refractivity contribution >= 4 is 11.7 Å². The predicted molar refractivity (Wildman–Crippen MR) is 57.5 cm³/mol. The van der Waals surface area contributed by atoms with Crippen LogP contribution in [0.5, 0.6) is 0 Å². The number of carbonyl (C=O) groups excluding carboxylic acids is 1. The Balaban J connectivity index is 3.02. The summed E-state index contributed by atoms with van der Waals surface area (Å²) >= 11 is 0. The Bertz CT molecular complexity index is 388. The van der Waals surface area contributed by atoms with Crippen molar-refractivity contribution in [1.82, 2.24) is 9.78 Å². The number of nitrogen functional groups attached to an aromatic ring is 1. The topological polar surface area (TPSA) is 70.1 Å². The van der Waals surface area contributed by atoms with Crippen molar-refractivity contribution in [2.24, 2.45) is 7.05 Å². The summed E-state index contributed by atoms with van der Waals surface area (Å²) in [5, 5.41) is 4.05. The number of carbonyl (C=O) groups is 1. The lowest BCUT2D eigenvalue weighted by atomic mass is 10.2. The van der Waals surface area contributed by atoms with Crippen LogP contribution in [0.3, 0.4) is 0 Å². The van der Waals surface area contributed by atoms with Crippen LogP contribution >= 0.6 is 0 Å². The van der Waals surface area contributed by atoms with E-state index in [0.717, 1.165) is 0 Å². The molecule has 1 heterocycles. The van der Waals surface area contributed by atoms with Crippen molar-refractivity contribution in [3.05, 3.63) is 11.4 Å². The number of aryl methyl sites for hydroxylation is 2. The summed E-state index contributed by atoms with van der Waals surface area (Å²) in [5.41, 5.74) is 6.54. The van der Waals surface area contributed by atoms with E-state index in [2.05, 4.69) is 5.10 Å². The number of rotatable bonds is 1. The molecule has 15 heavy (non-hydrogen) atoms. The predicted octanol–water partition coefficient (Wildman–Crippen LogP) is 1.27. The van der Waals surface area contributed by atoms with E-state index < -0.39 is 11.6 Å². The fraction of sp³-hybridized carbons (Fsp3) is 0.600. The quantitative estimate of drug-likeness (QED) is 0.710. The normalized spacial score (nSPS) is 11.5. The Morgan fingerprint density at radius 2 is 2.00 bits per heavy atom. The number of aromatic nitrogens is 2. The summed E-state index contributed by atoms with van der Waals surface area (Å²) in [4.78, 5) is 11.8. The van der Waals surface area contributed by atoms with Crippen LogP contribution in [0.15, 0.2) is 0 Å². The first kappa shape index (κ1) is 11.6. The first-order valence-electron chi connectivity index (χ1n) is 4.75. The summed E-state index contributed by atoms with van der Waals surface area (Å²) in [6.07, 6.45) is 0. The zero-order valence-electron chi connectivity index (χ0n) is 9.79. The Hall–Kier alpha value is -1.52. The first-order valence-corrected chi connectivity index (χ1v) is 4.75. The van der Waals surface area contributed by atoms with E-state index in [-0.39, 0.29) is 0 Å². The van der Waals surface area contributed by atoms with Gasteiger partial charge in [-0.05, 0) is 27.7 Å². The second-order valence-electron chi connectivity index (χ2n) is 4.47. The molecule has 0 aliphatic carbocycles. The molecule has 0 bridgehead atoms. The molecule has 84 valence electrons. The van der Waals surface area contributed by atoms with Gasteiger partial charge in [0, 0.05) is 7.05 Å². The lowest BCUT2D eigenvalue weighted by molar-refractivity contribution is 0.00589. The van der Waals surface area contributed by atoms with Crippen LogP contribution in [0.1, 0.15) is 37.0 Å². The minimum atomic E-state index is -0.526. The molecule has 0 saturated carbocycles. The van der Waals surface area contributed by atoms with Crippen molar-refractivity contribution < 1.29 is 9.53 Å². The molecule has 1 rings (SSSR count). The molecule has 2 N–H and O–H groups in total. The van der Waals surface area contributed by atoms with E-state index >= 15 is 0 Å². The molecule has 0 amide bonds. The number of hydrogen-bond acceptors (Lipinski definition) is 4. The monoisotopic (exact) mass is 211 g/mol. The minimum Gasteiger partial charge on any atom is -0.455 e. The highest BCUT2D eigenvalue weighted by atomic mass is 16.6. The van der Waals surface area contributed by atoms with E-state index in [1.807, 2.05) is 20.8 Å². The molecule has 5 heteroatoms. The lowest BCUT2D eigenvalue weighted by Gasteiger charge is -2.19. The van der Waals surface area contributed by atoms with Gasteiger partial charge in [0.25, 0.3) is 0 Å². The van der Waals surface area contributed by atoms with Crippen molar-refractivity contribution in [3.63, 3.8) is 0 Å². The second kappa shape index (κ2) is 3.56. The third kappa shape index (κ3) is 2.49. The SMILES string of the molecule is Cc1nn(C)c(C(=O)OC(C)(C)C)c1N. The Morgan fingerprint density at radius 3 is 2.33 bits per heavy atom. The van der Waals surface area contributed by atoms with Crippen molar-refractivity contribution in [2.45, 2.75) is 33.3 Å². The molecule has 1 aromatic heterocycles. The Labute approximate surface area is 89.2 Å². The average Bonchev–Trinajstić information content (AvgIpc) is 2.22. The van der Waals surface area contributed by atoms with Gasteiger partial charge in [0.15, 0.2) is 5.69 Å². The first-order chi connectivity index (χ1) is 6.72. The van der Waals surface area contributed by atoms with Crippen LogP contribution in [-0.4, -0.2) is 21.4 Å². The maximum atomic E-state index is 11.8. The fourth-order valence-corrected chi connectivity index (χ4v) is 1.24. The second-order valence-corrected chi connectivity index (χ2v) is 4.47. The third-order valence-corrected chi connectivity index (χ3v) is 1.86. The van der Waals surface area contributed by atoms with Gasteiger partial charge in [0.2, 0.25) is 0 Å². The average molecular weight is 211 g/mol. The van der Waals surface area contributed by atoms with Gasteiger partial charge in [-0.2, -0.15) is 5.10 Å². The highest BCUT2D eigenvalue weighted by Crippen LogP contribution is 2.19. The van der Waals surface area contributed by atoms with Gasteiger partial charge in [-0.25, -0.2) is 4.79 Å². The molecule has 0 saturated heterocycles. The maximum absolute atomic E-state index is 11.8. The van der Waals surface area contributed by atoms with Crippen LogP contribution in [0, 0.1) is 6.92 Å². The summed E-state index contributed by atoms with van der Waals surface area (Å²) in [7, 11) is 1.67. The van der Waals surface area contributed by atoms with Gasteiger partial charge in [-0.3, -0.25) is 4.68 Å². The Kier molecular flexibility index (Phi) is 2.75. The number of hydrogen-bond donors (Lipinski definition) is 1. The summed E-state index contributed by atoms with van der Waals surface area (Å²) in [6.45, 7) is 7.18. The zero-order valence-corrected chi connectivity index (χ0v) is 9.79. The van der Waals surface area contributed by atoms with Gasteiger partial charge in [0.1, 0.15) is 5.60 Å². The molecule has 0 radical (unpaired) electrons. The van der Waals surface area contributed by atoms with Gasteiger partial charge in [0.05, 0.1) is 11.4 Å². The number of esters is 1. The molecule has 5 nitrogen and oxygen atoms in total. The zero-order chi connectivity index (χ0) is 11.8. The van der Waals surface area contributed by atoms with Crippen molar-refractivity contribution in [1.29, 1.82) is 0 Å². The van der Waals surface area contributed by atoms with Crippen LogP contribution < -0.4 is 5.73 Å². The van der Waals surface area contributed by atoms with E-state index in [4.69, 9.17) is 10.5 Å². The highest BCUT2D eigenvalue weighted by Gasteiger charge is 2.24. The molecule has 0 unspecified atom stereocenters. The number of nitrogens with zero attached hydrogens (tertiary/aromatic N) is 2. The molecular weight excluding hydrogens is 194 g/mol. The molecule has 0 spiro atoms. The van der Waals surface area contributed by atoms with Crippen molar-refractivity contribution in [3.8, 4) is 0 Å². The lowest BCUT2D eigenvalue weighted by Crippen LogP contribution is -2.25. The van der Waals surface area contributed by atoms with Crippen LogP contribution in [0.25, 0.3) is 0 Å². The van der Waals surface area contributed by atoms with E-state index in [1.54, 1.807) is 14.0 Å². The molecule has 0 aliphatic heterocycles. The van der Waals surface area contributed by atoms with Gasteiger partial charge < -0.3 is 10.5 Å². The summed E-state index contributed by atoms with van der Waals surface area (Å²) in [5.74, 6) is -0.442. The molecule has 0 aromatic carbocycles. The smallest absolute Gasteiger partial charge is 0.359 e. The number of anilines is 1. The van der Waals surface area contributed by atoms with E-state index in [1.165, 1.54) is 4.68 Å². The Morgan fingerprint density at radius 1 is 1.47 bits per heavy atom. The van der Waals surface area contributed by atoms with Crippen LogP contribution in [0.4, 0.5) is 5.69 Å². The number of nitrogens with two attached hydrogens (primary N) is 1. The summed E-state index contributed by atoms with van der Waals surface area (Å²) in [6, 6.07) is 0. The van der Waals surface area contributed by atoms with Gasteiger partial charge in [-0.15, -0.1) is 0 Å². The molecule has 0 fully saturated rings. The third-order valence-electron chi connectivity index (χ3n) is 1.86. The standard InChI is InChI=1S/C10H17N3O2/c1-6-7(11)8(13(5)12-6)9(14)15-10(2,3)4/h11H2,1-5H3. The van der Waals surface area contributed by atoms with Crippen LogP contribution in [0.2, 0.25) is 0 Å². The van der Waals surface area contributed by atoms with Gasteiger partial charge in [-0.1, -0.05) is 0 Å². The molecule has 1 aromatic rings. The van der Waals surface area contributed by atoms with Crippen molar-refractivity contribution in [2.75, 3.05) is 5.73 Å². The van der Waals surface area contributed by atoms with E-state index in [9.17, 15) is 4.79 Å². The van der Waals surface area contributed by atoms with E-state index in [0.29, 0.717) is 17.1 Å². The fourth-order valence-electron chi connectivity index (χ4n) is 1.24. The van der Waals surface area contributed by atoms with Gasteiger partial charge >= 0.3 is 5.97 Å². The largest absolute Gasteiger partial charge is 0.455 e. The number of ether oxygens (including phenoxy) is 1. The molecule has 0 atom stereocenters. The molecular formula is C10H17N3O2. The molecule has 0 aliphatic rings.